The molecule has 2 aromatic carbocycles. The second-order valence-corrected chi connectivity index (χ2v) is 6.05. The van der Waals surface area contributed by atoms with E-state index in [-0.39, 0.29) is 12.5 Å². The van der Waals surface area contributed by atoms with Crippen molar-refractivity contribution in [2.75, 3.05) is 23.8 Å². The SMILES string of the molecule is CCCCCCCOc1ccc(NCC(=O)Nc2ccccc2)cc1. The van der Waals surface area contributed by atoms with E-state index in [9.17, 15) is 4.79 Å². The molecule has 2 N–H and O–H groups in total. The number of carbonyl (C=O) groups excluding carboxylic acids is 1. The van der Waals surface area contributed by atoms with E-state index in [0.717, 1.165) is 30.2 Å². The molecule has 0 radical (unpaired) electrons. The Labute approximate surface area is 150 Å². The van der Waals surface area contributed by atoms with Crippen LogP contribution in [-0.4, -0.2) is 19.1 Å². The van der Waals surface area contributed by atoms with Crippen LogP contribution >= 0.6 is 0 Å². The molecule has 0 aliphatic rings. The number of amides is 1. The molecule has 134 valence electrons. The molecule has 0 unspecified atom stereocenters. The number of hydrogen-bond donors (Lipinski definition) is 2. The topological polar surface area (TPSA) is 50.4 Å². The van der Waals surface area contributed by atoms with Gasteiger partial charge in [0.1, 0.15) is 5.75 Å². The lowest BCUT2D eigenvalue weighted by Gasteiger charge is -2.09. The molecular formula is C21H28N2O2. The van der Waals surface area contributed by atoms with E-state index in [1.54, 1.807) is 0 Å². The van der Waals surface area contributed by atoms with Crippen molar-refractivity contribution in [3.63, 3.8) is 0 Å². The van der Waals surface area contributed by atoms with E-state index >= 15 is 0 Å². The van der Waals surface area contributed by atoms with Crippen LogP contribution in [0.4, 0.5) is 11.4 Å². The van der Waals surface area contributed by atoms with Gasteiger partial charge >= 0.3 is 0 Å². The Morgan fingerprint density at radius 1 is 0.880 bits per heavy atom. The van der Waals surface area contributed by atoms with Crippen molar-refractivity contribution < 1.29 is 9.53 Å². The van der Waals surface area contributed by atoms with Crippen LogP contribution in [0.3, 0.4) is 0 Å². The number of para-hydroxylation sites is 1. The molecule has 0 spiro atoms. The number of unbranched alkanes of at least 4 members (excludes halogenated alkanes) is 4. The Balaban J connectivity index is 1.65. The Morgan fingerprint density at radius 3 is 2.32 bits per heavy atom. The first-order chi connectivity index (χ1) is 12.3. The molecule has 0 bridgehead atoms. The summed E-state index contributed by atoms with van der Waals surface area (Å²) in [6.45, 7) is 3.21. The van der Waals surface area contributed by atoms with E-state index in [1.165, 1.54) is 25.7 Å². The lowest BCUT2D eigenvalue weighted by atomic mass is 10.2. The highest BCUT2D eigenvalue weighted by atomic mass is 16.5. The number of nitrogens with one attached hydrogen (secondary N) is 2. The van der Waals surface area contributed by atoms with Gasteiger partial charge < -0.3 is 15.4 Å². The van der Waals surface area contributed by atoms with Crippen LogP contribution in [0.5, 0.6) is 5.75 Å². The fourth-order valence-corrected chi connectivity index (χ4v) is 2.47. The molecule has 0 atom stereocenters. The highest BCUT2D eigenvalue weighted by Gasteiger charge is 2.02. The molecule has 2 aromatic rings. The third-order valence-corrected chi connectivity index (χ3v) is 3.88. The van der Waals surface area contributed by atoms with Gasteiger partial charge in [-0.25, -0.2) is 0 Å². The summed E-state index contributed by atoms with van der Waals surface area (Å²) >= 11 is 0. The number of anilines is 2. The van der Waals surface area contributed by atoms with Gasteiger partial charge in [-0.2, -0.15) is 0 Å². The summed E-state index contributed by atoms with van der Waals surface area (Å²) in [7, 11) is 0. The molecule has 4 nitrogen and oxygen atoms in total. The van der Waals surface area contributed by atoms with E-state index < -0.39 is 0 Å². The maximum absolute atomic E-state index is 11.9. The van der Waals surface area contributed by atoms with Gasteiger partial charge in [0.2, 0.25) is 5.91 Å². The highest BCUT2D eigenvalue weighted by Crippen LogP contribution is 2.16. The predicted octanol–water partition coefficient (Wildman–Crippen LogP) is 5.09. The Kier molecular flexibility index (Phi) is 8.39. The summed E-state index contributed by atoms with van der Waals surface area (Å²) in [5.74, 6) is 0.799. The zero-order valence-electron chi connectivity index (χ0n) is 15.0. The van der Waals surface area contributed by atoms with Crippen LogP contribution in [0.25, 0.3) is 0 Å². The highest BCUT2D eigenvalue weighted by molar-refractivity contribution is 5.93. The fraction of sp³-hybridized carbons (Fsp3) is 0.381. The largest absolute Gasteiger partial charge is 0.494 e. The van der Waals surface area contributed by atoms with Crippen molar-refractivity contribution in [2.24, 2.45) is 0 Å². The molecule has 0 aliphatic heterocycles. The maximum Gasteiger partial charge on any atom is 0.243 e. The Bertz CT molecular complexity index is 612. The van der Waals surface area contributed by atoms with Crippen LogP contribution in [0, 0.1) is 0 Å². The average molecular weight is 340 g/mol. The quantitative estimate of drug-likeness (QED) is 0.560. The summed E-state index contributed by atoms with van der Waals surface area (Å²) in [5, 5.41) is 5.96. The van der Waals surface area contributed by atoms with Crippen molar-refractivity contribution in [3.8, 4) is 5.75 Å². The van der Waals surface area contributed by atoms with Crippen molar-refractivity contribution >= 4 is 17.3 Å². The third-order valence-electron chi connectivity index (χ3n) is 3.88. The molecule has 0 aliphatic carbocycles. The number of hydrogen-bond acceptors (Lipinski definition) is 3. The van der Waals surface area contributed by atoms with Gasteiger partial charge in [-0.15, -0.1) is 0 Å². The van der Waals surface area contributed by atoms with Crippen LogP contribution in [-0.2, 0) is 4.79 Å². The Hall–Kier alpha value is -2.49. The molecule has 0 fully saturated rings. The average Bonchev–Trinajstić information content (AvgIpc) is 2.65. The molecule has 0 heterocycles. The van der Waals surface area contributed by atoms with Gasteiger partial charge in [0, 0.05) is 11.4 Å². The summed E-state index contributed by atoms with van der Waals surface area (Å²) in [6.07, 6.45) is 6.17. The standard InChI is InChI=1S/C21H28N2O2/c1-2-3-4-5-9-16-25-20-14-12-18(13-15-20)22-17-21(24)23-19-10-7-6-8-11-19/h6-8,10-15,22H,2-5,9,16-17H2,1H3,(H,23,24). The maximum atomic E-state index is 11.9. The first-order valence-corrected chi connectivity index (χ1v) is 9.09. The van der Waals surface area contributed by atoms with Gasteiger partial charge in [-0.1, -0.05) is 50.8 Å². The second kappa shape index (κ2) is 11.1. The van der Waals surface area contributed by atoms with Gasteiger partial charge in [-0.05, 0) is 42.8 Å². The number of rotatable bonds is 11. The van der Waals surface area contributed by atoms with Crippen LogP contribution in [0.2, 0.25) is 0 Å². The predicted molar refractivity (Wildman–Crippen MR) is 104 cm³/mol. The smallest absolute Gasteiger partial charge is 0.243 e. The van der Waals surface area contributed by atoms with Gasteiger partial charge in [0.25, 0.3) is 0 Å². The van der Waals surface area contributed by atoms with Gasteiger partial charge in [-0.3, -0.25) is 4.79 Å². The lowest BCUT2D eigenvalue weighted by Crippen LogP contribution is -2.21. The molecule has 0 saturated carbocycles. The van der Waals surface area contributed by atoms with Gasteiger partial charge in [0.05, 0.1) is 13.2 Å². The van der Waals surface area contributed by atoms with Crippen LogP contribution < -0.4 is 15.4 Å². The monoisotopic (exact) mass is 340 g/mol. The minimum atomic E-state index is -0.0707. The fourth-order valence-electron chi connectivity index (χ4n) is 2.47. The number of carbonyl (C=O) groups is 1. The van der Waals surface area contributed by atoms with Crippen molar-refractivity contribution in [2.45, 2.75) is 39.0 Å². The lowest BCUT2D eigenvalue weighted by molar-refractivity contribution is -0.114. The van der Waals surface area contributed by atoms with Crippen molar-refractivity contribution in [1.82, 2.24) is 0 Å². The summed E-state index contributed by atoms with van der Waals surface area (Å²) in [6, 6.07) is 17.2. The normalized spacial score (nSPS) is 10.3. The van der Waals surface area contributed by atoms with Crippen molar-refractivity contribution in [1.29, 1.82) is 0 Å². The summed E-state index contributed by atoms with van der Waals surface area (Å²) < 4.78 is 5.74. The Morgan fingerprint density at radius 2 is 1.60 bits per heavy atom. The minimum Gasteiger partial charge on any atom is -0.494 e. The van der Waals surface area contributed by atoms with Crippen molar-refractivity contribution in [3.05, 3.63) is 54.6 Å². The van der Waals surface area contributed by atoms with Gasteiger partial charge in [0.15, 0.2) is 0 Å². The minimum absolute atomic E-state index is 0.0707. The zero-order valence-corrected chi connectivity index (χ0v) is 15.0. The number of ether oxygens (including phenoxy) is 1. The molecule has 4 heteroatoms. The summed E-state index contributed by atoms with van der Waals surface area (Å²) in [4.78, 5) is 11.9. The van der Waals surface area contributed by atoms with E-state index in [0.29, 0.717) is 0 Å². The first kappa shape index (κ1) is 18.8. The molecule has 0 saturated heterocycles. The molecule has 25 heavy (non-hydrogen) atoms. The van der Waals surface area contributed by atoms with E-state index in [2.05, 4.69) is 17.6 Å². The van der Waals surface area contributed by atoms with E-state index in [4.69, 9.17) is 4.74 Å². The molecule has 0 aromatic heterocycles. The second-order valence-electron chi connectivity index (χ2n) is 6.05. The van der Waals surface area contributed by atoms with E-state index in [1.807, 2.05) is 54.6 Å². The summed E-state index contributed by atoms with van der Waals surface area (Å²) in [5.41, 5.74) is 1.70. The first-order valence-electron chi connectivity index (χ1n) is 9.09. The van der Waals surface area contributed by atoms with Crippen LogP contribution in [0.1, 0.15) is 39.0 Å². The molecular weight excluding hydrogens is 312 g/mol. The zero-order chi connectivity index (χ0) is 17.7. The van der Waals surface area contributed by atoms with Crippen LogP contribution in [0.15, 0.2) is 54.6 Å². The molecule has 2 rings (SSSR count). The third kappa shape index (κ3) is 7.75. The number of benzene rings is 2. The molecule has 1 amide bonds.